The summed E-state index contributed by atoms with van der Waals surface area (Å²) < 4.78 is 0.852. The number of H-pyrrole nitrogens is 2. The molecule has 0 radical (unpaired) electrons. The molecule has 0 unspecified atom stereocenters. The molecule has 15 heavy (non-hydrogen) atoms. The summed E-state index contributed by atoms with van der Waals surface area (Å²) in [5, 5.41) is 2.73. The summed E-state index contributed by atoms with van der Waals surface area (Å²) in [6, 6.07) is 1.72. The van der Waals surface area contributed by atoms with Crippen LogP contribution in [-0.4, -0.2) is 20.9 Å². The summed E-state index contributed by atoms with van der Waals surface area (Å²) in [7, 11) is 0. The van der Waals surface area contributed by atoms with Crippen LogP contribution in [-0.2, 0) is 6.54 Å². The van der Waals surface area contributed by atoms with Gasteiger partial charge in [0.05, 0.1) is 6.54 Å². The monoisotopic (exact) mass is 268 g/mol. The van der Waals surface area contributed by atoms with Crippen molar-refractivity contribution in [2.75, 3.05) is 0 Å². The number of amides is 1. The molecule has 0 aliphatic heterocycles. The normalized spacial score (nSPS) is 10.2. The predicted molar refractivity (Wildman–Crippen MR) is 58.3 cm³/mol. The minimum Gasteiger partial charge on any atom is -0.356 e. The summed E-state index contributed by atoms with van der Waals surface area (Å²) in [6.07, 6.45) is 5.07. The van der Waals surface area contributed by atoms with Crippen LogP contribution in [0.4, 0.5) is 0 Å². The maximum atomic E-state index is 11.5. The lowest BCUT2D eigenvalue weighted by Crippen LogP contribution is -2.23. The van der Waals surface area contributed by atoms with Gasteiger partial charge in [-0.15, -0.1) is 0 Å². The van der Waals surface area contributed by atoms with E-state index in [2.05, 4.69) is 36.2 Å². The molecule has 3 N–H and O–H groups in total. The SMILES string of the molecule is O=C(NCc1ncc[nH]1)c1cc(Br)c[nH]1. The van der Waals surface area contributed by atoms with Gasteiger partial charge in [-0.1, -0.05) is 0 Å². The topological polar surface area (TPSA) is 73.6 Å². The lowest BCUT2D eigenvalue weighted by molar-refractivity contribution is 0.0945. The van der Waals surface area contributed by atoms with Gasteiger partial charge in [-0.3, -0.25) is 4.79 Å². The van der Waals surface area contributed by atoms with Gasteiger partial charge in [-0.25, -0.2) is 4.98 Å². The number of hydrogen-bond donors (Lipinski definition) is 3. The second-order valence-corrected chi connectivity index (χ2v) is 3.87. The zero-order valence-corrected chi connectivity index (χ0v) is 9.34. The van der Waals surface area contributed by atoms with Crippen LogP contribution in [0.5, 0.6) is 0 Å². The van der Waals surface area contributed by atoms with Gasteiger partial charge >= 0.3 is 0 Å². The first-order valence-corrected chi connectivity index (χ1v) is 5.15. The number of hydrogen-bond acceptors (Lipinski definition) is 2. The Morgan fingerprint density at radius 1 is 1.53 bits per heavy atom. The average molecular weight is 269 g/mol. The number of aromatic amines is 2. The molecule has 0 atom stereocenters. The zero-order valence-electron chi connectivity index (χ0n) is 7.75. The van der Waals surface area contributed by atoms with Gasteiger partial charge in [0.1, 0.15) is 11.5 Å². The molecule has 0 bridgehead atoms. The molecule has 1 amide bonds. The third kappa shape index (κ3) is 2.47. The number of carbonyl (C=O) groups excluding carboxylic acids is 1. The van der Waals surface area contributed by atoms with Crippen LogP contribution in [0.1, 0.15) is 16.3 Å². The Balaban J connectivity index is 1.93. The van der Waals surface area contributed by atoms with E-state index >= 15 is 0 Å². The van der Waals surface area contributed by atoms with Crippen molar-refractivity contribution in [3.8, 4) is 0 Å². The zero-order chi connectivity index (χ0) is 10.7. The van der Waals surface area contributed by atoms with Crippen LogP contribution < -0.4 is 5.32 Å². The molecule has 0 aliphatic rings. The smallest absolute Gasteiger partial charge is 0.268 e. The summed E-state index contributed by atoms with van der Waals surface area (Å²) in [5.74, 6) is 0.575. The molecule has 0 aromatic carbocycles. The van der Waals surface area contributed by atoms with E-state index in [-0.39, 0.29) is 5.91 Å². The van der Waals surface area contributed by atoms with Crippen LogP contribution >= 0.6 is 15.9 Å². The molecular weight excluding hydrogens is 260 g/mol. The van der Waals surface area contributed by atoms with E-state index in [4.69, 9.17) is 0 Å². The van der Waals surface area contributed by atoms with Crippen molar-refractivity contribution in [2.24, 2.45) is 0 Å². The van der Waals surface area contributed by atoms with Crippen molar-refractivity contribution in [3.05, 3.63) is 40.6 Å². The molecule has 0 aliphatic carbocycles. The van der Waals surface area contributed by atoms with Crippen molar-refractivity contribution in [3.63, 3.8) is 0 Å². The van der Waals surface area contributed by atoms with Crippen molar-refractivity contribution < 1.29 is 4.79 Å². The number of halogens is 1. The highest BCUT2D eigenvalue weighted by molar-refractivity contribution is 9.10. The quantitative estimate of drug-likeness (QED) is 0.788. The molecule has 6 heteroatoms. The summed E-state index contributed by atoms with van der Waals surface area (Å²) >= 11 is 3.26. The maximum absolute atomic E-state index is 11.5. The lowest BCUT2D eigenvalue weighted by Gasteiger charge is -2.00. The molecule has 0 spiro atoms. The number of nitrogens with one attached hydrogen (secondary N) is 3. The van der Waals surface area contributed by atoms with E-state index in [1.807, 2.05) is 0 Å². The first-order chi connectivity index (χ1) is 7.25. The van der Waals surface area contributed by atoms with Crippen LogP contribution in [0.15, 0.2) is 29.1 Å². The standard InChI is InChI=1S/C9H9BrN4O/c10-6-3-7(13-4-6)9(15)14-5-8-11-1-2-12-8/h1-4,13H,5H2,(H,11,12)(H,14,15). The van der Waals surface area contributed by atoms with E-state index in [9.17, 15) is 4.79 Å². The largest absolute Gasteiger partial charge is 0.356 e. The molecule has 5 nitrogen and oxygen atoms in total. The van der Waals surface area contributed by atoms with E-state index in [0.717, 1.165) is 10.3 Å². The maximum Gasteiger partial charge on any atom is 0.268 e. The number of aromatic nitrogens is 3. The highest BCUT2D eigenvalue weighted by atomic mass is 79.9. The van der Waals surface area contributed by atoms with Crippen molar-refractivity contribution in [2.45, 2.75) is 6.54 Å². The Kier molecular flexibility index (Phi) is 2.86. The second kappa shape index (κ2) is 4.31. The van der Waals surface area contributed by atoms with Crippen LogP contribution in [0.3, 0.4) is 0 Å². The molecule has 0 fully saturated rings. The molecule has 0 saturated heterocycles. The molecule has 2 aromatic rings. The Hall–Kier alpha value is -1.56. The van der Waals surface area contributed by atoms with Gasteiger partial charge in [-0.05, 0) is 22.0 Å². The fourth-order valence-electron chi connectivity index (χ4n) is 1.15. The Morgan fingerprint density at radius 3 is 3.00 bits per heavy atom. The van der Waals surface area contributed by atoms with Gasteiger partial charge in [0, 0.05) is 23.1 Å². The Labute approximate surface area is 94.4 Å². The minimum absolute atomic E-state index is 0.155. The van der Waals surface area contributed by atoms with E-state index in [1.165, 1.54) is 0 Å². The average Bonchev–Trinajstić information content (AvgIpc) is 2.84. The van der Waals surface area contributed by atoms with Crippen LogP contribution in [0, 0.1) is 0 Å². The molecule has 2 rings (SSSR count). The van der Waals surface area contributed by atoms with E-state index < -0.39 is 0 Å². The molecule has 0 saturated carbocycles. The minimum atomic E-state index is -0.155. The fraction of sp³-hybridized carbons (Fsp3) is 0.111. The third-order valence-corrected chi connectivity index (χ3v) is 2.32. The number of rotatable bonds is 3. The molecule has 2 aromatic heterocycles. The number of nitrogens with zero attached hydrogens (tertiary/aromatic N) is 1. The fourth-order valence-corrected chi connectivity index (χ4v) is 1.50. The second-order valence-electron chi connectivity index (χ2n) is 2.95. The van der Waals surface area contributed by atoms with E-state index in [1.54, 1.807) is 24.7 Å². The first kappa shape index (κ1) is 9.97. The molecule has 2 heterocycles. The Morgan fingerprint density at radius 2 is 2.40 bits per heavy atom. The van der Waals surface area contributed by atoms with Crippen molar-refractivity contribution in [1.29, 1.82) is 0 Å². The Bertz CT molecular complexity index is 448. The highest BCUT2D eigenvalue weighted by Crippen LogP contribution is 2.10. The van der Waals surface area contributed by atoms with Gasteiger partial charge < -0.3 is 15.3 Å². The van der Waals surface area contributed by atoms with Crippen molar-refractivity contribution >= 4 is 21.8 Å². The van der Waals surface area contributed by atoms with Gasteiger partial charge in [-0.2, -0.15) is 0 Å². The van der Waals surface area contributed by atoms with Crippen molar-refractivity contribution in [1.82, 2.24) is 20.3 Å². The summed E-state index contributed by atoms with van der Waals surface area (Å²) in [5.41, 5.74) is 0.522. The summed E-state index contributed by atoms with van der Waals surface area (Å²) in [6.45, 7) is 0.391. The lowest BCUT2D eigenvalue weighted by atomic mass is 10.4. The molecular formula is C9H9BrN4O. The molecule has 78 valence electrons. The first-order valence-electron chi connectivity index (χ1n) is 4.36. The predicted octanol–water partition coefficient (Wildman–Crippen LogP) is 1.43. The summed E-state index contributed by atoms with van der Waals surface area (Å²) in [4.78, 5) is 21.3. The third-order valence-electron chi connectivity index (χ3n) is 1.86. The van der Waals surface area contributed by atoms with Gasteiger partial charge in [0.2, 0.25) is 0 Å². The van der Waals surface area contributed by atoms with Crippen LogP contribution in [0.25, 0.3) is 0 Å². The van der Waals surface area contributed by atoms with Gasteiger partial charge in [0.15, 0.2) is 0 Å². The highest BCUT2D eigenvalue weighted by Gasteiger charge is 2.07. The van der Waals surface area contributed by atoms with Crippen LogP contribution in [0.2, 0.25) is 0 Å². The number of imidazole rings is 1. The van der Waals surface area contributed by atoms with Gasteiger partial charge in [0.25, 0.3) is 5.91 Å². The number of carbonyl (C=O) groups is 1. The van der Waals surface area contributed by atoms with E-state index in [0.29, 0.717) is 12.2 Å².